The Morgan fingerprint density at radius 3 is 3.56 bits per heavy atom. The van der Waals surface area contributed by atoms with E-state index in [0.717, 1.165) is 6.42 Å². The van der Waals surface area contributed by atoms with Crippen LogP contribution in [-0.4, -0.2) is 12.3 Å². The zero-order valence-electron chi connectivity index (χ0n) is 4.95. The molecule has 0 saturated heterocycles. The number of thioether (sulfide) groups is 1. The molecule has 0 saturated carbocycles. The summed E-state index contributed by atoms with van der Waals surface area (Å²) in [6, 6.07) is 0.378. The van der Waals surface area contributed by atoms with Gasteiger partial charge in [-0.25, -0.2) is 0 Å². The molecule has 2 rings (SSSR count). The lowest BCUT2D eigenvalue weighted by molar-refractivity contribution is 0.999. The van der Waals surface area contributed by atoms with Crippen molar-refractivity contribution in [3.63, 3.8) is 0 Å². The molecule has 0 fully saturated rings. The van der Waals surface area contributed by atoms with Gasteiger partial charge in [-0.05, 0) is 11.5 Å². The van der Waals surface area contributed by atoms with E-state index in [2.05, 4.69) is 22.6 Å². The lowest BCUT2D eigenvalue weighted by atomic mass is 10.2. The van der Waals surface area contributed by atoms with Gasteiger partial charge in [0, 0.05) is 17.5 Å². The minimum atomic E-state index is 0.378. The molecule has 2 aliphatic heterocycles. The quantitative estimate of drug-likeness (QED) is 0.497. The summed E-state index contributed by atoms with van der Waals surface area (Å²) in [6.45, 7) is 0. The van der Waals surface area contributed by atoms with Crippen LogP contribution in [0.1, 0.15) is 6.42 Å². The summed E-state index contributed by atoms with van der Waals surface area (Å²) in [7, 11) is 0. The Hall–Kier alpha value is -0.500. The summed E-state index contributed by atoms with van der Waals surface area (Å²) >= 11 is 1.79. The Kier molecular flexibility index (Phi) is 1.19. The van der Waals surface area contributed by atoms with Gasteiger partial charge in [0.2, 0.25) is 0 Å². The molecule has 1 atom stereocenters. The van der Waals surface area contributed by atoms with E-state index in [0.29, 0.717) is 6.04 Å². The molecule has 46 valence electrons. The van der Waals surface area contributed by atoms with Crippen LogP contribution in [0, 0.1) is 0 Å². The fourth-order valence-electron chi connectivity index (χ4n) is 0.992. The molecule has 2 heteroatoms. The number of aliphatic imine (C=N–C) groups is 1. The Morgan fingerprint density at radius 2 is 2.67 bits per heavy atom. The third-order valence-corrected chi connectivity index (χ3v) is 2.42. The van der Waals surface area contributed by atoms with Crippen LogP contribution < -0.4 is 0 Å². The number of dihydropyridines is 1. The molecule has 0 bridgehead atoms. The molecule has 0 aliphatic carbocycles. The van der Waals surface area contributed by atoms with Crippen molar-refractivity contribution in [3.8, 4) is 0 Å². The van der Waals surface area contributed by atoms with Crippen LogP contribution in [0.3, 0.4) is 0 Å². The van der Waals surface area contributed by atoms with E-state index in [1.165, 1.54) is 4.91 Å². The predicted octanol–water partition coefficient (Wildman–Crippen LogP) is 1.97. The van der Waals surface area contributed by atoms with Gasteiger partial charge in [-0.1, -0.05) is 6.08 Å². The molecule has 2 heterocycles. The van der Waals surface area contributed by atoms with Crippen LogP contribution in [0.25, 0.3) is 0 Å². The summed E-state index contributed by atoms with van der Waals surface area (Å²) in [6.07, 6.45) is 7.36. The van der Waals surface area contributed by atoms with Gasteiger partial charge in [0.1, 0.15) is 0 Å². The van der Waals surface area contributed by atoms with Crippen molar-refractivity contribution in [2.24, 2.45) is 4.99 Å². The Labute approximate surface area is 58.6 Å². The molecular formula is C7H7NS. The summed E-state index contributed by atoms with van der Waals surface area (Å²) in [5, 5.41) is 2.11. The van der Waals surface area contributed by atoms with E-state index in [1.54, 1.807) is 11.8 Å². The van der Waals surface area contributed by atoms with Crippen LogP contribution in [0.5, 0.6) is 0 Å². The van der Waals surface area contributed by atoms with Gasteiger partial charge in [0.15, 0.2) is 0 Å². The van der Waals surface area contributed by atoms with Gasteiger partial charge < -0.3 is 0 Å². The molecule has 1 nitrogen and oxygen atoms in total. The maximum atomic E-state index is 4.29. The minimum absolute atomic E-state index is 0.378. The predicted molar refractivity (Wildman–Crippen MR) is 41.7 cm³/mol. The standard InChI is InChI=1S/C7H7NS/c1-2-7-6(8-4-1)3-5-9-7/h2-6H,1H2. The van der Waals surface area contributed by atoms with Gasteiger partial charge >= 0.3 is 0 Å². The van der Waals surface area contributed by atoms with Crippen molar-refractivity contribution in [3.05, 3.63) is 22.5 Å². The smallest absolute Gasteiger partial charge is 0.0992 e. The third-order valence-electron chi connectivity index (χ3n) is 1.45. The van der Waals surface area contributed by atoms with Crippen molar-refractivity contribution in [2.75, 3.05) is 0 Å². The summed E-state index contributed by atoms with van der Waals surface area (Å²) in [5.41, 5.74) is 0. The molecule has 2 aliphatic rings. The summed E-state index contributed by atoms with van der Waals surface area (Å²) in [5.74, 6) is 0. The lowest BCUT2D eigenvalue weighted by Crippen LogP contribution is -2.01. The van der Waals surface area contributed by atoms with E-state index in [9.17, 15) is 0 Å². The van der Waals surface area contributed by atoms with E-state index >= 15 is 0 Å². The highest BCUT2D eigenvalue weighted by molar-refractivity contribution is 8.06. The first-order valence-electron chi connectivity index (χ1n) is 3.02. The maximum Gasteiger partial charge on any atom is 0.0992 e. The van der Waals surface area contributed by atoms with Crippen LogP contribution in [0.15, 0.2) is 27.5 Å². The van der Waals surface area contributed by atoms with Crippen molar-refractivity contribution in [2.45, 2.75) is 12.5 Å². The van der Waals surface area contributed by atoms with Gasteiger partial charge in [0.25, 0.3) is 0 Å². The largest absolute Gasteiger partial charge is 0.284 e. The van der Waals surface area contributed by atoms with Crippen LogP contribution >= 0.6 is 11.8 Å². The highest BCUT2D eigenvalue weighted by Crippen LogP contribution is 2.32. The molecule has 0 spiro atoms. The van der Waals surface area contributed by atoms with Crippen molar-refractivity contribution in [1.29, 1.82) is 0 Å². The van der Waals surface area contributed by atoms with Crippen molar-refractivity contribution < 1.29 is 0 Å². The second kappa shape index (κ2) is 2.03. The third kappa shape index (κ3) is 0.833. The first-order valence-corrected chi connectivity index (χ1v) is 3.90. The monoisotopic (exact) mass is 137 g/mol. The molecule has 0 amide bonds. The fourth-order valence-corrected chi connectivity index (χ4v) is 1.85. The molecule has 1 unspecified atom stereocenters. The Bertz CT molecular complexity index is 203. The van der Waals surface area contributed by atoms with E-state index in [1.807, 2.05) is 6.21 Å². The number of hydrogen-bond donors (Lipinski definition) is 0. The van der Waals surface area contributed by atoms with Gasteiger partial charge in [-0.15, -0.1) is 11.8 Å². The molecule has 0 N–H and O–H groups in total. The molecule has 0 aromatic heterocycles. The maximum absolute atomic E-state index is 4.29. The normalized spacial score (nSPS) is 30.2. The van der Waals surface area contributed by atoms with Crippen molar-refractivity contribution in [1.82, 2.24) is 0 Å². The van der Waals surface area contributed by atoms with Gasteiger partial charge in [-0.2, -0.15) is 0 Å². The Balaban J connectivity index is 2.29. The number of hydrogen-bond acceptors (Lipinski definition) is 2. The SMILES string of the molecule is C1=CC2N=CCC=C2S1. The van der Waals surface area contributed by atoms with Crippen LogP contribution in [0.2, 0.25) is 0 Å². The van der Waals surface area contributed by atoms with Crippen LogP contribution in [-0.2, 0) is 0 Å². The Morgan fingerprint density at radius 1 is 1.67 bits per heavy atom. The second-order valence-electron chi connectivity index (χ2n) is 2.07. The van der Waals surface area contributed by atoms with E-state index in [4.69, 9.17) is 0 Å². The average Bonchev–Trinajstić information content (AvgIpc) is 2.33. The molecule has 0 radical (unpaired) electrons. The molecular weight excluding hydrogens is 130 g/mol. The first kappa shape index (κ1) is 5.30. The van der Waals surface area contributed by atoms with Crippen molar-refractivity contribution >= 4 is 18.0 Å². The topological polar surface area (TPSA) is 12.4 Å². The second-order valence-corrected chi connectivity index (χ2v) is 3.04. The summed E-state index contributed by atoms with van der Waals surface area (Å²) in [4.78, 5) is 5.69. The lowest BCUT2D eigenvalue weighted by Gasteiger charge is -2.07. The van der Waals surface area contributed by atoms with Gasteiger partial charge in [0.05, 0.1) is 6.04 Å². The van der Waals surface area contributed by atoms with Crippen LogP contribution in [0.4, 0.5) is 0 Å². The number of rotatable bonds is 0. The zero-order chi connectivity index (χ0) is 6.10. The molecule has 0 aromatic rings. The summed E-state index contributed by atoms with van der Waals surface area (Å²) < 4.78 is 0. The fraction of sp³-hybridized carbons (Fsp3) is 0.286. The number of nitrogens with zero attached hydrogens (tertiary/aromatic N) is 1. The average molecular weight is 137 g/mol. The number of allylic oxidation sites excluding steroid dienone is 1. The van der Waals surface area contributed by atoms with Gasteiger partial charge in [-0.3, -0.25) is 4.99 Å². The van der Waals surface area contributed by atoms with E-state index in [-0.39, 0.29) is 0 Å². The minimum Gasteiger partial charge on any atom is -0.284 e. The first-order chi connectivity index (χ1) is 4.47. The zero-order valence-corrected chi connectivity index (χ0v) is 5.77. The van der Waals surface area contributed by atoms with E-state index < -0.39 is 0 Å². The molecule has 9 heavy (non-hydrogen) atoms. The highest BCUT2D eigenvalue weighted by Gasteiger charge is 2.15. The molecule has 0 aromatic carbocycles. The number of fused-ring (bicyclic) bond motifs is 1. The highest BCUT2D eigenvalue weighted by atomic mass is 32.2.